The summed E-state index contributed by atoms with van der Waals surface area (Å²) in [5, 5.41) is 19.3. The van der Waals surface area contributed by atoms with Crippen molar-refractivity contribution in [2.24, 2.45) is 5.73 Å². The normalized spacial score (nSPS) is 14.6. The number of hydrogen-bond donors (Lipinski definition) is 4. The van der Waals surface area contributed by atoms with E-state index >= 15 is 0 Å². The third-order valence-corrected chi connectivity index (χ3v) is 2.63. The first-order valence-electron chi connectivity index (χ1n) is 5.26. The average Bonchev–Trinajstić information content (AvgIpc) is 2.36. The van der Waals surface area contributed by atoms with Crippen LogP contribution in [0.2, 0.25) is 0 Å². The molecule has 0 bridgehead atoms. The summed E-state index contributed by atoms with van der Waals surface area (Å²) >= 11 is 0. The second kappa shape index (κ2) is 4.73. The van der Waals surface area contributed by atoms with Gasteiger partial charge in [-0.15, -0.1) is 0 Å². The fourth-order valence-corrected chi connectivity index (χ4v) is 1.65. The molecule has 7 heteroatoms. The van der Waals surface area contributed by atoms with E-state index in [0.29, 0.717) is 11.1 Å². The summed E-state index contributed by atoms with van der Waals surface area (Å²) < 4.78 is 4.38. The lowest BCUT2D eigenvalue weighted by Gasteiger charge is -2.16. The molecule has 18 heavy (non-hydrogen) atoms. The maximum absolute atomic E-state index is 11.5. The summed E-state index contributed by atoms with van der Waals surface area (Å²) in [6.07, 6.45) is -2.33. The van der Waals surface area contributed by atoms with Gasteiger partial charge in [0, 0.05) is 6.54 Å². The van der Waals surface area contributed by atoms with Crippen LogP contribution in [-0.2, 0) is 0 Å². The summed E-state index contributed by atoms with van der Waals surface area (Å²) in [5.41, 5.74) is 5.05. The van der Waals surface area contributed by atoms with E-state index in [1.165, 1.54) is 18.2 Å². The maximum Gasteiger partial charge on any atom is 0.419 e. The molecule has 0 aliphatic carbocycles. The molecule has 0 aliphatic heterocycles. The van der Waals surface area contributed by atoms with Gasteiger partial charge in [0.1, 0.15) is 6.10 Å². The molecule has 0 saturated carbocycles. The molecule has 7 nitrogen and oxygen atoms in total. The van der Waals surface area contributed by atoms with E-state index in [2.05, 4.69) is 9.40 Å². The third kappa shape index (κ3) is 2.19. The second-order valence-electron chi connectivity index (χ2n) is 3.85. The van der Waals surface area contributed by atoms with Crippen LogP contribution in [0.4, 0.5) is 0 Å². The maximum atomic E-state index is 11.5. The van der Waals surface area contributed by atoms with E-state index in [4.69, 9.17) is 5.73 Å². The first-order valence-corrected chi connectivity index (χ1v) is 5.26. The Morgan fingerprint density at radius 2 is 2.06 bits per heavy atom. The van der Waals surface area contributed by atoms with Crippen LogP contribution in [0.5, 0.6) is 0 Å². The predicted molar refractivity (Wildman–Crippen MR) is 63.1 cm³/mol. The van der Waals surface area contributed by atoms with Crippen LogP contribution >= 0.6 is 0 Å². The number of aliphatic hydroxyl groups is 2. The Morgan fingerprint density at radius 1 is 1.33 bits per heavy atom. The quantitative estimate of drug-likeness (QED) is 0.545. The van der Waals surface area contributed by atoms with Gasteiger partial charge < -0.3 is 20.4 Å². The van der Waals surface area contributed by atoms with E-state index in [-0.39, 0.29) is 11.9 Å². The number of fused-ring (bicyclic) bond motifs is 1. The van der Waals surface area contributed by atoms with Gasteiger partial charge in [0.05, 0.1) is 17.0 Å². The first-order chi connectivity index (χ1) is 8.52. The number of aromatic nitrogens is 1. The number of benzene rings is 1. The van der Waals surface area contributed by atoms with Crippen molar-refractivity contribution in [2.75, 3.05) is 6.54 Å². The monoisotopic (exact) mass is 252 g/mol. The molecule has 0 amide bonds. The molecular weight excluding hydrogens is 240 g/mol. The highest BCUT2D eigenvalue weighted by molar-refractivity contribution is 5.77. The Kier molecular flexibility index (Phi) is 3.28. The van der Waals surface area contributed by atoms with Crippen LogP contribution in [0.25, 0.3) is 10.9 Å². The minimum atomic E-state index is -1.20. The zero-order chi connectivity index (χ0) is 13.3. The molecule has 2 rings (SSSR count). The summed E-state index contributed by atoms with van der Waals surface area (Å²) in [5.74, 6) is -0.845. The van der Waals surface area contributed by atoms with Crippen LogP contribution in [0.1, 0.15) is 11.7 Å². The highest BCUT2D eigenvalue weighted by Crippen LogP contribution is 2.19. The average molecular weight is 252 g/mol. The molecule has 1 heterocycles. The van der Waals surface area contributed by atoms with Crippen molar-refractivity contribution in [3.63, 3.8) is 0 Å². The Balaban J connectivity index is 2.57. The molecule has 0 aliphatic rings. The highest BCUT2D eigenvalue weighted by atomic mass is 16.4. The number of nitrogens with two attached hydrogens (primary N) is 1. The van der Waals surface area contributed by atoms with Gasteiger partial charge in [-0.2, -0.15) is 0 Å². The van der Waals surface area contributed by atoms with Crippen molar-refractivity contribution in [2.45, 2.75) is 12.2 Å². The molecule has 2 unspecified atom stereocenters. The smallest absolute Gasteiger partial charge is 0.389 e. The highest BCUT2D eigenvalue weighted by Gasteiger charge is 2.17. The van der Waals surface area contributed by atoms with Gasteiger partial charge in [-0.3, -0.25) is 4.98 Å². The number of nitrogens with one attached hydrogen (secondary N) is 1. The van der Waals surface area contributed by atoms with E-state index in [0.717, 1.165) is 0 Å². The predicted octanol–water partition coefficient (Wildman–Crippen LogP) is -1.17. The van der Waals surface area contributed by atoms with E-state index in [9.17, 15) is 19.8 Å². The number of aromatic amines is 1. The Bertz CT molecular complexity index is 675. The van der Waals surface area contributed by atoms with Crippen LogP contribution in [0, 0.1) is 0 Å². The Morgan fingerprint density at radius 3 is 2.72 bits per heavy atom. The fourth-order valence-electron chi connectivity index (χ4n) is 1.65. The van der Waals surface area contributed by atoms with Crippen molar-refractivity contribution < 1.29 is 14.6 Å². The number of hydrogen-bond acceptors (Lipinski definition) is 6. The molecule has 1 aromatic heterocycles. The lowest BCUT2D eigenvalue weighted by atomic mass is 10.0. The molecule has 1 aromatic carbocycles. The Hall–Kier alpha value is -1.96. The first kappa shape index (κ1) is 12.5. The molecule has 0 saturated heterocycles. The number of aliphatic hydroxyl groups excluding tert-OH is 2. The van der Waals surface area contributed by atoms with Crippen molar-refractivity contribution in [3.8, 4) is 0 Å². The summed E-state index contributed by atoms with van der Waals surface area (Å²) in [6.45, 7) is -0.112. The van der Waals surface area contributed by atoms with Crippen molar-refractivity contribution in [3.05, 3.63) is 44.7 Å². The minimum Gasteiger partial charge on any atom is -0.389 e. The minimum absolute atomic E-state index is 0.112. The van der Waals surface area contributed by atoms with Gasteiger partial charge in [0.2, 0.25) is 0 Å². The van der Waals surface area contributed by atoms with Crippen LogP contribution < -0.4 is 17.1 Å². The standard InChI is InChI=1S/C11H12N2O5/c12-4-8(14)9(15)5-1-2-7-6(3-5)10(16)18-11(17)13-7/h1-3,8-9,14-15H,4,12H2,(H,13,17). The molecule has 5 N–H and O–H groups in total. The Labute approximate surface area is 100 Å². The summed E-state index contributed by atoms with van der Waals surface area (Å²) in [4.78, 5) is 24.8. The summed E-state index contributed by atoms with van der Waals surface area (Å²) in [6, 6.07) is 4.29. The van der Waals surface area contributed by atoms with Gasteiger partial charge in [-0.05, 0) is 17.7 Å². The van der Waals surface area contributed by atoms with Crippen LogP contribution in [-0.4, -0.2) is 27.8 Å². The lowest BCUT2D eigenvalue weighted by Crippen LogP contribution is -2.27. The number of rotatable bonds is 3. The molecule has 2 aromatic rings. The van der Waals surface area contributed by atoms with Crippen molar-refractivity contribution in [1.82, 2.24) is 4.98 Å². The van der Waals surface area contributed by atoms with Crippen molar-refractivity contribution in [1.29, 1.82) is 0 Å². The fraction of sp³-hybridized carbons (Fsp3) is 0.273. The third-order valence-electron chi connectivity index (χ3n) is 2.63. The van der Waals surface area contributed by atoms with Gasteiger partial charge in [-0.1, -0.05) is 6.07 Å². The molecule has 0 radical (unpaired) electrons. The molecule has 0 spiro atoms. The van der Waals surface area contributed by atoms with Crippen LogP contribution in [0.3, 0.4) is 0 Å². The van der Waals surface area contributed by atoms with Crippen molar-refractivity contribution >= 4 is 10.9 Å². The topological polar surface area (TPSA) is 130 Å². The molecule has 2 atom stereocenters. The summed E-state index contributed by atoms with van der Waals surface area (Å²) in [7, 11) is 0. The zero-order valence-electron chi connectivity index (χ0n) is 9.29. The molecule has 0 fully saturated rings. The molecular formula is C11H12N2O5. The molecule has 96 valence electrons. The van der Waals surface area contributed by atoms with Crippen LogP contribution in [0.15, 0.2) is 32.2 Å². The number of H-pyrrole nitrogens is 1. The van der Waals surface area contributed by atoms with E-state index in [1.54, 1.807) is 0 Å². The lowest BCUT2D eigenvalue weighted by molar-refractivity contribution is 0.0244. The van der Waals surface area contributed by atoms with E-state index in [1.807, 2.05) is 0 Å². The van der Waals surface area contributed by atoms with Gasteiger partial charge >= 0.3 is 11.4 Å². The SMILES string of the molecule is NCC(O)C(O)c1ccc2[nH]c(=O)oc(=O)c2c1. The zero-order valence-corrected chi connectivity index (χ0v) is 9.29. The van der Waals surface area contributed by atoms with E-state index < -0.39 is 23.6 Å². The van der Waals surface area contributed by atoms with Gasteiger partial charge in [-0.25, -0.2) is 9.59 Å². The van der Waals surface area contributed by atoms with Gasteiger partial charge in [0.25, 0.3) is 0 Å². The largest absolute Gasteiger partial charge is 0.419 e. The van der Waals surface area contributed by atoms with Gasteiger partial charge in [0.15, 0.2) is 0 Å². The second-order valence-corrected chi connectivity index (χ2v) is 3.85.